The first kappa shape index (κ1) is 15.6. The zero-order valence-electron chi connectivity index (χ0n) is 11.9. The van der Waals surface area contributed by atoms with Gasteiger partial charge in [-0.05, 0) is 30.3 Å². The zero-order chi connectivity index (χ0) is 16.6. The van der Waals surface area contributed by atoms with E-state index in [0.717, 1.165) is 0 Å². The van der Waals surface area contributed by atoms with Gasteiger partial charge in [0.25, 0.3) is 0 Å². The van der Waals surface area contributed by atoms with Crippen molar-refractivity contribution in [3.63, 3.8) is 0 Å². The molecule has 0 amide bonds. The minimum atomic E-state index is -0.632. The monoisotopic (exact) mass is 348 g/mol. The third kappa shape index (κ3) is 2.96. The van der Waals surface area contributed by atoms with E-state index in [1.54, 1.807) is 36.4 Å². The van der Waals surface area contributed by atoms with Gasteiger partial charge in [0.15, 0.2) is 5.76 Å². The number of carbonyl (C=O) groups excluding carboxylic acids is 1. The molecule has 4 nitrogen and oxygen atoms in total. The van der Waals surface area contributed by atoms with Crippen LogP contribution in [0, 0.1) is 0 Å². The fourth-order valence-corrected chi connectivity index (χ4v) is 2.60. The maximum atomic E-state index is 12.7. The molecule has 0 spiro atoms. The Bertz CT molecular complexity index is 976. The van der Waals surface area contributed by atoms with E-state index in [0.29, 0.717) is 21.2 Å². The standard InChI is InChI=1S/C17H10Cl2O4/c1-9(20)22-17-15(21)12-8-10(18)6-7-14(12)23-16(17)11-4-2-3-5-13(11)19/h2-8H,1H3. The Morgan fingerprint density at radius 3 is 2.57 bits per heavy atom. The smallest absolute Gasteiger partial charge is 0.308 e. The van der Waals surface area contributed by atoms with Crippen molar-refractivity contribution in [3.05, 3.63) is 62.7 Å². The van der Waals surface area contributed by atoms with Gasteiger partial charge in [0.1, 0.15) is 5.58 Å². The van der Waals surface area contributed by atoms with Gasteiger partial charge < -0.3 is 9.15 Å². The largest absolute Gasteiger partial charge is 0.452 e. The van der Waals surface area contributed by atoms with Gasteiger partial charge in [-0.15, -0.1) is 0 Å². The summed E-state index contributed by atoms with van der Waals surface area (Å²) in [6.07, 6.45) is 0. The number of hydrogen-bond acceptors (Lipinski definition) is 4. The lowest BCUT2D eigenvalue weighted by atomic mass is 10.1. The lowest BCUT2D eigenvalue weighted by Gasteiger charge is -2.10. The molecule has 0 radical (unpaired) electrons. The summed E-state index contributed by atoms with van der Waals surface area (Å²) in [5, 5.41) is 0.978. The molecule has 0 N–H and O–H groups in total. The minimum Gasteiger partial charge on any atom is -0.452 e. The fourth-order valence-electron chi connectivity index (χ4n) is 2.21. The van der Waals surface area contributed by atoms with Crippen LogP contribution < -0.4 is 10.2 Å². The van der Waals surface area contributed by atoms with Gasteiger partial charge in [-0.2, -0.15) is 0 Å². The SMILES string of the molecule is CC(=O)Oc1c(-c2ccccc2Cl)oc2ccc(Cl)cc2c1=O. The lowest BCUT2D eigenvalue weighted by molar-refractivity contribution is -0.131. The first-order valence-corrected chi connectivity index (χ1v) is 7.42. The van der Waals surface area contributed by atoms with E-state index in [1.165, 1.54) is 13.0 Å². The van der Waals surface area contributed by atoms with Gasteiger partial charge >= 0.3 is 5.97 Å². The molecule has 3 rings (SSSR count). The van der Waals surface area contributed by atoms with Crippen LogP contribution in [0.5, 0.6) is 5.75 Å². The van der Waals surface area contributed by atoms with E-state index in [1.807, 2.05) is 0 Å². The molecule has 0 fully saturated rings. The van der Waals surface area contributed by atoms with Crippen LogP contribution in [0.3, 0.4) is 0 Å². The molecular weight excluding hydrogens is 339 g/mol. The maximum Gasteiger partial charge on any atom is 0.308 e. The van der Waals surface area contributed by atoms with Crippen molar-refractivity contribution in [1.29, 1.82) is 0 Å². The Kier molecular flexibility index (Phi) is 4.11. The predicted molar refractivity (Wildman–Crippen MR) is 89.2 cm³/mol. The average Bonchev–Trinajstić information content (AvgIpc) is 2.51. The molecule has 0 aliphatic carbocycles. The molecule has 0 unspecified atom stereocenters. The van der Waals surface area contributed by atoms with Crippen molar-refractivity contribution < 1.29 is 13.9 Å². The van der Waals surface area contributed by atoms with Crippen LogP contribution in [0.1, 0.15) is 6.92 Å². The fraction of sp³-hybridized carbons (Fsp3) is 0.0588. The molecule has 3 aromatic rings. The Hall–Kier alpha value is -2.30. The second-order valence-corrected chi connectivity index (χ2v) is 5.65. The first-order chi connectivity index (χ1) is 11.0. The second kappa shape index (κ2) is 6.07. The molecule has 23 heavy (non-hydrogen) atoms. The van der Waals surface area contributed by atoms with Crippen LogP contribution in [0.15, 0.2) is 51.7 Å². The maximum absolute atomic E-state index is 12.7. The van der Waals surface area contributed by atoms with Crippen LogP contribution in [-0.4, -0.2) is 5.97 Å². The number of rotatable bonds is 2. The van der Waals surface area contributed by atoms with Crippen LogP contribution in [0.4, 0.5) is 0 Å². The first-order valence-electron chi connectivity index (χ1n) is 6.67. The summed E-state index contributed by atoms with van der Waals surface area (Å²) in [5.41, 5.74) is 0.295. The van der Waals surface area contributed by atoms with E-state index in [-0.39, 0.29) is 16.9 Å². The van der Waals surface area contributed by atoms with Crippen molar-refractivity contribution in [2.45, 2.75) is 6.92 Å². The van der Waals surface area contributed by atoms with Gasteiger partial charge in [-0.1, -0.05) is 35.3 Å². The van der Waals surface area contributed by atoms with Crippen molar-refractivity contribution in [2.24, 2.45) is 0 Å². The number of halogens is 2. The highest BCUT2D eigenvalue weighted by Crippen LogP contribution is 2.35. The van der Waals surface area contributed by atoms with E-state index in [9.17, 15) is 9.59 Å². The molecule has 0 saturated carbocycles. The molecule has 0 atom stereocenters. The van der Waals surface area contributed by atoms with Crippen molar-refractivity contribution >= 4 is 40.1 Å². The molecule has 116 valence electrons. The number of ether oxygens (including phenoxy) is 1. The van der Waals surface area contributed by atoms with Gasteiger partial charge in [0.05, 0.1) is 10.4 Å². The number of esters is 1. The summed E-state index contributed by atoms with van der Waals surface area (Å²) in [4.78, 5) is 24.1. The Morgan fingerprint density at radius 2 is 1.87 bits per heavy atom. The van der Waals surface area contributed by atoms with Crippen LogP contribution in [-0.2, 0) is 4.79 Å². The minimum absolute atomic E-state index is 0.102. The third-order valence-electron chi connectivity index (χ3n) is 3.17. The molecule has 0 saturated heterocycles. The Balaban J connectivity index is 2.40. The normalized spacial score (nSPS) is 10.7. The van der Waals surface area contributed by atoms with Crippen LogP contribution in [0.25, 0.3) is 22.3 Å². The van der Waals surface area contributed by atoms with Crippen LogP contribution >= 0.6 is 23.2 Å². The van der Waals surface area contributed by atoms with Crippen molar-refractivity contribution in [3.8, 4) is 17.1 Å². The number of benzene rings is 2. The van der Waals surface area contributed by atoms with Gasteiger partial charge in [-0.25, -0.2) is 0 Å². The molecule has 6 heteroatoms. The summed E-state index contributed by atoms with van der Waals surface area (Å²) in [5.74, 6) is -0.738. The molecule has 0 aliphatic heterocycles. The van der Waals surface area contributed by atoms with Crippen LogP contribution in [0.2, 0.25) is 10.0 Å². The highest BCUT2D eigenvalue weighted by Gasteiger charge is 2.21. The summed E-state index contributed by atoms with van der Waals surface area (Å²) in [7, 11) is 0. The van der Waals surface area contributed by atoms with E-state index >= 15 is 0 Å². The lowest BCUT2D eigenvalue weighted by Crippen LogP contribution is -2.13. The third-order valence-corrected chi connectivity index (χ3v) is 3.74. The summed E-state index contributed by atoms with van der Waals surface area (Å²) < 4.78 is 10.9. The summed E-state index contributed by atoms with van der Waals surface area (Å²) >= 11 is 12.1. The van der Waals surface area contributed by atoms with Crippen molar-refractivity contribution in [1.82, 2.24) is 0 Å². The quantitative estimate of drug-likeness (QED) is 0.630. The molecule has 1 aromatic heterocycles. The topological polar surface area (TPSA) is 56.5 Å². The van der Waals surface area contributed by atoms with E-state index in [2.05, 4.69) is 0 Å². The highest BCUT2D eigenvalue weighted by atomic mass is 35.5. The van der Waals surface area contributed by atoms with Gasteiger partial charge in [0.2, 0.25) is 11.2 Å². The summed E-state index contributed by atoms with van der Waals surface area (Å²) in [6, 6.07) is 11.5. The number of fused-ring (bicyclic) bond motifs is 1. The highest BCUT2D eigenvalue weighted by molar-refractivity contribution is 6.33. The molecule has 0 bridgehead atoms. The van der Waals surface area contributed by atoms with Gasteiger partial charge in [-0.3, -0.25) is 9.59 Å². The van der Waals surface area contributed by atoms with Crippen molar-refractivity contribution in [2.75, 3.05) is 0 Å². The predicted octanol–water partition coefficient (Wildman–Crippen LogP) is 4.69. The number of carbonyl (C=O) groups is 1. The molecule has 0 aliphatic rings. The second-order valence-electron chi connectivity index (χ2n) is 4.80. The van der Waals surface area contributed by atoms with E-state index in [4.69, 9.17) is 32.4 Å². The molecule has 1 heterocycles. The molecular formula is C17H10Cl2O4. The molecule has 2 aromatic carbocycles. The Labute approximate surface area is 141 Å². The zero-order valence-corrected chi connectivity index (χ0v) is 13.4. The van der Waals surface area contributed by atoms with E-state index < -0.39 is 11.4 Å². The average molecular weight is 349 g/mol. The summed E-state index contributed by atoms with van der Waals surface area (Å²) in [6.45, 7) is 1.21. The Morgan fingerprint density at radius 1 is 1.13 bits per heavy atom. The van der Waals surface area contributed by atoms with Gasteiger partial charge in [0, 0.05) is 17.5 Å². The number of hydrogen-bond donors (Lipinski definition) is 0.